The van der Waals surface area contributed by atoms with Crippen molar-refractivity contribution >= 4 is 0 Å². The molecule has 82 valence electrons. The van der Waals surface area contributed by atoms with E-state index >= 15 is 0 Å². The predicted molar refractivity (Wildman–Crippen MR) is 68.3 cm³/mol. The van der Waals surface area contributed by atoms with Crippen molar-refractivity contribution in [3.05, 3.63) is 59.5 Å². The number of hydrogen-bond acceptors (Lipinski definition) is 1. The van der Waals surface area contributed by atoms with Crippen molar-refractivity contribution in [2.45, 2.75) is 13.3 Å². The van der Waals surface area contributed by atoms with Crippen molar-refractivity contribution in [2.24, 2.45) is 0 Å². The van der Waals surface area contributed by atoms with E-state index in [2.05, 4.69) is 35.8 Å². The molecule has 0 radical (unpaired) electrons. The Hall–Kier alpha value is -2.38. The highest BCUT2D eigenvalue weighted by atomic mass is 16.3. The molecule has 0 amide bonds. The van der Waals surface area contributed by atoms with Crippen LogP contribution in [-0.2, 0) is 6.42 Å². The molecule has 1 aromatic carbocycles. The van der Waals surface area contributed by atoms with Gasteiger partial charge >= 0.3 is 0 Å². The number of hydrogen-bond donors (Lipinski definition) is 0. The molecule has 1 nitrogen and oxygen atoms in total. The fourth-order valence-corrected chi connectivity index (χ4v) is 1.43. The molecule has 1 heterocycles. The van der Waals surface area contributed by atoms with Gasteiger partial charge in [0.1, 0.15) is 6.26 Å². The van der Waals surface area contributed by atoms with Crippen LogP contribution in [0.2, 0.25) is 0 Å². The first kappa shape index (κ1) is 11.1. The van der Waals surface area contributed by atoms with Gasteiger partial charge in [0.2, 0.25) is 0 Å². The molecule has 0 fully saturated rings. The molecular formula is C16H12O. The minimum absolute atomic E-state index is 0.741. The highest BCUT2D eigenvalue weighted by molar-refractivity contribution is 5.37. The second-order valence-electron chi connectivity index (χ2n) is 3.56. The van der Waals surface area contributed by atoms with Gasteiger partial charge < -0.3 is 4.42 Å². The summed E-state index contributed by atoms with van der Waals surface area (Å²) in [6.07, 6.45) is 4.01. The minimum Gasteiger partial charge on any atom is -0.471 e. The van der Waals surface area contributed by atoms with Gasteiger partial charge in [-0.1, -0.05) is 29.9 Å². The Morgan fingerprint density at radius 2 is 1.82 bits per heavy atom. The van der Waals surface area contributed by atoms with Gasteiger partial charge in [-0.15, -0.1) is 5.92 Å². The van der Waals surface area contributed by atoms with Crippen molar-refractivity contribution in [1.29, 1.82) is 0 Å². The maximum atomic E-state index is 4.94. The second-order valence-corrected chi connectivity index (χ2v) is 3.56. The average Bonchev–Trinajstić information content (AvgIpc) is 2.85. The van der Waals surface area contributed by atoms with E-state index in [4.69, 9.17) is 4.42 Å². The summed E-state index contributed by atoms with van der Waals surface area (Å²) >= 11 is 0. The van der Waals surface area contributed by atoms with Crippen LogP contribution < -0.4 is 0 Å². The molecule has 1 heteroatoms. The standard InChI is InChI=1S/C16H12O/c1-2-4-14-7-9-15(10-8-14)5-3-6-16-11-12-17-13-16/h7-13H,5H2,1H3. The zero-order chi connectivity index (χ0) is 11.9. The molecule has 0 saturated carbocycles. The van der Waals surface area contributed by atoms with E-state index in [1.807, 2.05) is 25.1 Å². The van der Waals surface area contributed by atoms with Gasteiger partial charge in [0.05, 0.1) is 11.8 Å². The topological polar surface area (TPSA) is 13.1 Å². The normalized spacial score (nSPS) is 8.76. The fourth-order valence-electron chi connectivity index (χ4n) is 1.43. The second kappa shape index (κ2) is 5.64. The lowest BCUT2D eigenvalue weighted by Gasteiger charge is -1.94. The van der Waals surface area contributed by atoms with Crippen LogP contribution in [0.4, 0.5) is 0 Å². The molecule has 17 heavy (non-hydrogen) atoms. The third kappa shape index (κ3) is 3.30. The summed E-state index contributed by atoms with van der Waals surface area (Å²) < 4.78 is 4.94. The monoisotopic (exact) mass is 220 g/mol. The Morgan fingerprint density at radius 1 is 1.00 bits per heavy atom. The molecule has 1 aromatic heterocycles. The smallest absolute Gasteiger partial charge is 0.106 e. The van der Waals surface area contributed by atoms with E-state index in [1.165, 1.54) is 5.56 Å². The quantitative estimate of drug-likeness (QED) is 0.672. The third-order valence-corrected chi connectivity index (χ3v) is 2.27. The molecule has 0 aliphatic carbocycles. The molecule has 0 saturated heterocycles. The van der Waals surface area contributed by atoms with Gasteiger partial charge in [-0.05, 0) is 30.7 Å². The first-order valence-electron chi connectivity index (χ1n) is 5.41. The van der Waals surface area contributed by atoms with E-state index in [-0.39, 0.29) is 0 Å². The van der Waals surface area contributed by atoms with Gasteiger partial charge in [0.15, 0.2) is 0 Å². The summed E-state index contributed by atoms with van der Waals surface area (Å²) in [5, 5.41) is 0. The summed E-state index contributed by atoms with van der Waals surface area (Å²) in [6.45, 7) is 1.84. The summed E-state index contributed by atoms with van der Waals surface area (Å²) in [5.74, 6) is 12.0. The molecule has 2 aromatic rings. The molecule has 0 atom stereocenters. The van der Waals surface area contributed by atoms with E-state index in [0.29, 0.717) is 0 Å². The van der Waals surface area contributed by atoms with E-state index in [1.54, 1.807) is 12.5 Å². The zero-order valence-electron chi connectivity index (χ0n) is 9.66. The Labute approximate surface area is 101 Å². The SMILES string of the molecule is CC#Cc1ccc(CC#Cc2ccoc2)cc1. The van der Waals surface area contributed by atoms with Crippen molar-refractivity contribution < 1.29 is 4.42 Å². The average molecular weight is 220 g/mol. The first-order chi connectivity index (χ1) is 8.38. The summed E-state index contributed by atoms with van der Waals surface area (Å²) in [6, 6.07) is 10.0. The van der Waals surface area contributed by atoms with Crippen LogP contribution >= 0.6 is 0 Å². The first-order valence-corrected chi connectivity index (χ1v) is 5.41. The van der Waals surface area contributed by atoms with Crippen molar-refractivity contribution in [3.63, 3.8) is 0 Å². The van der Waals surface area contributed by atoms with Gasteiger partial charge in [-0.25, -0.2) is 0 Å². The van der Waals surface area contributed by atoms with Crippen LogP contribution in [0, 0.1) is 23.7 Å². The Bertz CT molecular complexity index is 581. The van der Waals surface area contributed by atoms with Crippen LogP contribution in [0.5, 0.6) is 0 Å². The molecule has 0 spiro atoms. The number of rotatable bonds is 1. The third-order valence-electron chi connectivity index (χ3n) is 2.27. The van der Waals surface area contributed by atoms with Crippen LogP contribution in [0.1, 0.15) is 23.6 Å². The summed E-state index contributed by atoms with van der Waals surface area (Å²) in [4.78, 5) is 0. The van der Waals surface area contributed by atoms with Gasteiger partial charge in [-0.3, -0.25) is 0 Å². The Morgan fingerprint density at radius 3 is 2.47 bits per heavy atom. The number of benzene rings is 1. The number of furan rings is 1. The van der Waals surface area contributed by atoms with Gasteiger partial charge in [0.25, 0.3) is 0 Å². The maximum absolute atomic E-state index is 4.94. The van der Waals surface area contributed by atoms with Crippen molar-refractivity contribution in [1.82, 2.24) is 0 Å². The van der Waals surface area contributed by atoms with Crippen molar-refractivity contribution in [3.8, 4) is 23.7 Å². The van der Waals surface area contributed by atoms with Crippen molar-refractivity contribution in [2.75, 3.05) is 0 Å². The maximum Gasteiger partial charge on any atom is 0.106 e. The predicted octanol–water partition coefficient (Wildman–Crippen LogP) is 3.25. The molecule has 0 N–H and O–H groups in total. The van der Waals surface area contributed by atoms with Crippen LogP contribution in [-0.4, -0.2) is 0 Å². The fraction of sp³-hybridized carbons (Fsp3) is 0.125. The summed E-state index contributed by atoms with van der Waals surface area (Å²) in [7, 11) is 0. The largest absolute Gasteiger partial charge is 0.471 e. The molecule has 2 rings (SSSR count). The lowest BCUT2D eigenvalue weighted by Crippen LogP contribution is -1.82. The molecule has 0 unspecified atom stereocenters. The lowest BCUT2D eigenvalue weighted by atomic mass is 10.1. The minimum atomic E-state index is 0.741. The molecule has 0 bridgehead atoms. The van der Waals surface area contributed by atoms with Gasteiger partial charge in [0, 0.05) is 12.0 Å². The molecule has 0 aliphatic rings. The molecular weight excluding hydrogens is 208 g/mol. The Kier molecular flexibility index (Phi) is 3.68. The lowest BCUT2D eigenvalue weighted by molar-refractivity contribution is 0.566. The van der Waals surface area contributed by atoms with E-state index in [0.717, 1.165) is 17.5 Å². The van der Waals surface area contributed by atoms with Crippen LogP contribution in [0.25, 0.3) is 0 Å². The highest BCUT2D eigenvalue weighted by Crippen LogP contribution is 2.04. The highest BCUT2D eigenvalue weighted by Gasteiger charge is 1.90. The Balaban J connectivity index is 2.01. The van der Waals surface area contributed by atoms with Gasteiger partial charge in [-0.2, -0.15) is 0 Å². The van der Waals surface area contributed by atoms with E-state index < -0.39 is 0 Å². The summed E-state index contributed by atoms with van der Waals surface area (Å²) in [5.41, 5.74) is 3.15. The zero-order valence-corrected chi connectivity index (χ0v) is 9.66. The van der Waals surface area contributed by atoms with Crippen LogP contribution in [0.3, 0.4) is 0 Å². The molecule has 0 aliphatic heterocycles. The van der Waals surface area contributed by atoms with E-state index in [9.17, 15) is 0 Å². The van der Waals surface area contributed by atoms with Crippen LogP contribution in [0.15, 0.2) is 47.3 Å².